The Morgan fingerprint density at radius 3 is 0.743 bits per heavy atom. The summed E-state index contributed by atoms with van der Waals surface area (Å²) in [5.74, 6) is 0. The Bertz CT molecular complexity index is 10200. The fourth-order valence-corrected chi connectivity index (χ4v) is 26.2. The number of benzene rings is 24. The second-order valence-corrected chi connectivity index (χ2v) is 39.1. The predicted molar refractivity (Wildman–Crippen MR) is 588 cm³/mol. The highest BCUT2D eigenvalue weighted by atomic mass is 14.9. The standard InChI is InChI=1S/C51H29N.C51H31N.C34H20N2/c1-3-13-32-28-48-40(23-30(32)11-1)42-25-35(26-43-41-24-31-12-2-4-14-33(31)29-49(41)52(48)50(42)43)34-21-22-39-38-17-7-10-20-46(38)51(47(39)27-34)44-18-8-5-15-36(44)37-16-6-9-19-45(37)51;1-2-16-38(17-3-1)51(46-20-10-8-18-40(46)41-19-9-11-21-47(41)51)39-24-22-32(23-25-39)37-28-44-42-26-33-12-4-6-14-35(33)30-48(42)52-49-31-36-15-7-5-13-34(36)27-43(49)45(29-37)50(44)52;1-20-12-21(19-35)10-11-27(20)26-15-30-28-13-22-6-2-4-8-24(22)17-32(28)36-33-18-25-9-5-3-7-23(25)14-29(33)31(16-26)34(30)36/h1-29H;1-31H;2-18H,1H3. The Kier molecular flexibility index (Phi) is 15.8. The molecule has 0 atom stereocenters. The normalized spacial score (nSPS) is 13.3. The summed E-state index contributed by atoms with van der Waals surface area (Å²) < 4.78 is 7.50. The van der Waals surface area contributed by atoms with Crippen molar-refractivity contribution < 1.29 is 0 Å². The van der Waals surface area contributed by atoms with Crippen molar-refractivity contribution in [3.8, 4) is 72.8 Å². The smallest absolute Gasteiger partial charge is 0.0991 e. The van der Waals surface area contributed by atoms with Gasteiger partial charge < -0.3 is 13.2 Å². The average molecular weight is 1770 g/mol. The van der Waals surface area contributed by atoms with Gasteiger partial charge in [-0.25, -0.2) is 0 Å². The van der Waals surface area contributed by atoms with E-state index >= 15 is 0 Å². The molecule has 0 N–H and O–H groups in total. The highest BCUT2D eigenvalue weighted by molar-refractivity contribution is 6.31. The van der Waals surface area contributed by atoms with Gasteiger partial charge in [0.15, 0.2) is 0 Å². The van der Waals surface area contributed by atoms with Crippen molar-refractivity contribution in [1.29, 1.82) is 5.26 Å². The van der Waals surface area contributed by atoms with E-state index in [9.17, 15) is 5.26 Å². The molecule has 644 valence electrons. The number of nitrogens with zero attached hydrogens (tertiary/aromatic N) is 4. The quantitative estimate of drug-likeness (QED) is 0.169. The van der Waals surface area contributed by atoms with Crippen molar-refractivity contribution in [3.63, 3.8) is 0 Å². The van der Waals surface area contributed by atoms with Gasteiger partial charge in [0.05, 0.1) is 72.1 Å². The first kappa shape index (κ1) is 77.1. The Labute approximate surface area is 804 Å². The predicted octanol–water partition coefficient (Wildman–Crippen LogP) is 35.3. The van der Waals surface area contributed by atoms with Crippen molar-refractivity contribution in [3.05, 3.63) is 523 Å². The molecule has 6 heterocycles. The molecule has 4 heteroatoms. The zero-order valence-electron chi connectivity index (χ0n) is 76.2. The molecule has 0 radical (unpaired) electrons. The van der Waals surface area contributed by atoms with E-state index in [2.05, 4.69) is 481 Å². The molecule has 30 aromatic rings. The van der Waals surface area contributed by atoms with Crippen LogP contribution < -0.4 is 0 Å². The average Bonchev–Trinajstić information content (AvgIpc) is 1.53. The minimum atomic E-state index is -0.403. The lowest BCUT2D eigenvalue weighted by molar-refractivity contribution is 0.768. The lowest BCUT2D eigenvalue weighted by Gasteiger charge is -2.34. The SMILES string of the molecule is Cc1cc(C#N)ccc1-c1cc2c3cc4ccccc4cc3n3c4cc5ccccc5cc4c(c1)c23.c1ccc(C2(c3ccc(-c4cc5c6cc7ccccc7cc6n6c7cc8ccccc8cc7c(c4)c56)cc3)c3ccccc3-c3ccccc32)cc1.c1ccc2c(c1)-c1ccccc1C21c2ccccc2-c2ccc(-c3cc4c5cc6ccccc6cc5n5c6cc7ccccc7cc6c(c3)c45)cc21. The third-order valence-electron chi connectivity index (χ3n) is 32.2. The molecule has 0 saturated carbocycles. The number of hydrogen-bond acceptors (Lipinski definition) is 1. The van der Waals surface area contributed by atoms with E-state index in [0.717, 1.165) is 5.56 Å². The maximum absolute atomic E-state index is 9.37. The molecule has 0 unspecified atom stereocenters. The van der Waals surface area contributed by atoms with Crippen LogP contribution in [0.4, 0.5) is 0 Å². The van der Waals surface area contributed by atoms with Gasteiger partial charge in [0, 0.05) is 64.6 Å². The van der Waals surface area contributed by atoms with E-state index in [1.807, 2.05) is 12.1 Å². The van der Waals surface area contributed by atoms with Crippen LogP contribution in [0.15, 0.2) is 467 Å². The second-order valence-electron chi connectivity index (χ2n) is 39.1. The van der Waals surface area contributed by atoms with Crippen molar-refractivity contribution in [2.75, 3.05) is 0 Å². The summed E-state index contributed by atoms with van der Waals surface area (Å²) in [5.41, 5.74) is 38.5. The highest BCUT2D eigenvalue weighted by Gasteiger charge is 2.52. The number of rotatable bonds is 5. The van der Waals surface area contributed by atoms with Crippen LogP contribution in [0, 0.1) is 18.3 Å². The Hall–Kier alpha value is -18.3. The fourth-order valence-electron chi connectivity index (χ4n) is 26.2. The van der Waals surface area contributed by atoms with Crippen LogP contribution in [0.1, 0.15) is 55.6 Å². The van der Waals surface area contributed by atoms with Crippen LogP contribution in [0.3, 0.4) is 0 Å². The summed E-state index contributed by atoms with van der Waals surface area (Å²) in [6, 6.07) is 176. The number of aryl methyl sites for hydroxylation is 1. The summed E-state index contributed by atoms with van der Waals surface area (Å²) in [6.45, 7) is 2.10. The molecule has 6 aromatic heterocycles. The molecule has 3 aliphatic carbocycles. The van der Waals surface area contributed by atoms with Crippen LogP contribution in [-0.2, 0) is 10.8 Å². The molecule has 0 aliphatic heterocycles. The van der Waals surface area contributed by atoms with Gasteiger partial charge in [-0.3, -0.25) is 0 Å². The first-order valence-corrected chi connectivity index (χ1v) is 48.7. The number of fused-ring (bicyclic) bond motifs is 37. The zero-order chi connectivity index (χ0) is 91.6. The van der Waals surface area contributed by atoms with Crippen molar-refractivity contribution in [1.82, 2.24) is 13.2 Å². The minimum Gasteiger partial charge on any atom is -0.308 e. The molecule has 3 aliphatic rings. The second kappa shape index (κ2) is 28.7. The van der Waals surface area contributed by atoms with E-state index in [1.165, 1.54) is 290 Å². The fraction of sp³-hybridized carbons (Fsp3) is 0.0221. The molecule has 1 spiro atoms. The molecule has 4 nitrogen and oxygen atoms in total. The van der Waals surface area contributed by atoms with E-state index in [0.29, 0.717) is 5.56 Å². The van der Waals surface area contributed by atoms with Gasteiger partial charge >= 0.3 is 0 Å². The molecule has 0 fully saturated rings. The minimum absolute atomic E-state index is 0.365. The van der Waals surface area contributed by atoms with E-state index < -0.39 is 5.41 Å². The van der Waals surface area contributed by atoms with Crippen molar-refractivity contribution >= 4 is 179 Å². The first-order valence-electron chi connectivity index (χ1n) is 48.7. The van der Waals surface area contributed by atoms with Crippen LogP contribution in [0.25, 0.3) is 246 Å². The third kappa shape index (κ3) is 10.5. The van der Waals surface area contributed by atoms with Gasteiger partial charge in [0.1, 0.15) is 0 Å². The molecule has 33 rings (SSSR count). The number of hydrogen-bond donors (Lipinski definition) is 0. The van der Waals surface area contributed by atoms with Gasteiger partial charge in [-0.15, -0.1) is 0 Å². The number of aromatic nitrogens is 3. The molecule has 24 aromatic carbocycles. The molecule has 0 amide bonds. The van der Waals surface area contributed by atoms with Gasteiger partial charge in [-0.2, -0.15) is 5.26 Å². The Morgan fingerprint density at radius 1 is 0.179 bits per heavy atom. The Balaban J connectivity index is 0.0000000986. The molecule has 0 bridgehead atoms. The third-order valence-corrected chi connectivity index (χ3v) is 32.2. The zero-order valence-corrected chi connectivity index (χ0v) is 76.2. The largest absolute Gasteiger partial charge is 0.308 e. The molecule has 140 heavy (non-hydrogen) atoms. The summed E-state index contributed by atoms with van der Waals surface area (Å²) in [6.07, 6.45) is 0. The molecular weight excluding hydrogens is 1690 g/mol. The lowest BCUT2D eigenvalue weighted by Crippen LogP contribution is -2.28. The molecular formula is C136H80N4. The summed E-state index contributed by atoms with van der Waals surface area (Å²) in [7, 11) is 0. The van der Waals surface area contributed by atoms with Gasteiger partial charge in [0.25, 0.3) is 0 Å². The highest BCUT2D eigenvalue weighted by Crippen LogP contribution is 2.64. The summed E-state index contributed by atoms with van der Waals surface area (Å²) in [5, 5.41) is 40.1. The van der Waals surface area contributed by atoms with Gasteiger partial charge in [-0.1, -0.05) is 340 Å². The summed E-state index contributed by atoms with van der Waals surface area (Å²) in [4.78, 5) is 0. The first-order chi connectivity index (χ1) is 69.2. The summed E-state index contributed by atoms with van der Waals surface area (Å²) >= 11 is 0. The maximum Gasteiger partial charge on any atom is 0.0991 e. The van der Waals surface area contributed by atoms with E-state index in [4.69, 9.17) is 0 Å². The van der Waals surface area contributed by atoms with Gasteiger partial charge in [-0.05, 0) is 316 Å². The van der Waals surface area contributed by atoms with Crippen molar-refractivity contribution in [2.45, 2.75) is 17.8 Å². The monoisotopic (exact) mass is 1770 g/mol. The molecule has 0 saturated heterocycles. The maximum atomic E-state index is 9.37. The van der Waals surface area contributed by atoms with E-state index in [1.54, 1.807) is 0 Å². The Morgan fingerprint density at radius 2 is 0.429 bits per heavy atom. The van der Waals surface area contributed by atoms with Crippen LogP contribution in [0.5, 0.6) is 0 Å². The van der Waals surface area contributed by atoms with Crippen LogP contribution in [-0.4, -0.2) is 13.2 Å². The lowest BCUT2D eigenvalue weighted by atomic mass is 9.67. The van der Waals surface area contributed by atoms with Gasteiger partial charge in [0.2, 0.25) is 0 Å². The topological polar surface area (TPSA) is 37.0 Å². The van der Waals surface area contributed by atoms with E-state index in [-0.39, 0.29) is 5.41 Å². The van der Waals surface area contributed by atoms with Crippen LogP contribution in [0.2, 0.25) is 0 Å². The number of nitriles is 1. The van der Waals surface area contributed by atoms with Crippen LogP contribution >= 0.6 is 0 Å². The van der Waals surface area contributed by atoms with Crippen molar-refractivity contribution in [2.24, 2.45) is 0 Å².